The topological polar surface area (TPSA) is 88.8 Å². The van der Waals surface area contributed by atoms with Crippen LogP contribution in [0, 0.1) is 0 Å². The molecule has 0 aliphatic rings. The van der Waals surface area contributed by atoms with Crippen LogP contribution in [-0.4, -0.2) is 17.6 Å². The maximum absolute atomic E-state index is 11.7. The van der Waals surface area contributed by atoms with Crippen LogP contribution in [0.1, 0.15) is 17.6 Å². The van der Waals surface area contributed by atoms with Gasteiger partial charge >= 0.3 is 0 Å². The number of carbonyl (C=O) groups is 1. The van der Waals surface area contributed by atoms with Crippen molar-refractivity contribution in [3.05, 3.63) is 66.5 Å². The Morgan fingerprint density at radius 1 is 1.13 bits per heavy atom. The number of aliphatic hydroxyl groups excluding tert-OH is 1. The van der Waals surface area contributed by atoms with Crippen LogP contribution < -0.4 is 5.32 Å². The van der Waals surface area contributed by atoms with Gasteiger partial charge in [0.25, 0.3) is 0 Å². The molecule has 3 aromatic heterocycles. The van der Waals surface area contributed by atoms with Crippen molar-refractivity contribution < 1.29 is 23.2 Å². The molecule has 2 N–H and O–H groups in total. The first-order valence-electron chi connectivity index (χ1n) is 7.03. The van der Waals surface area contributed by atoms with E-state index >= 15 is 0 Å². The molecule has 0 bridgehead atoms. The Bertz CT molecular complexity index is 768. The average molecular weight is 313 g/mol. The summed E-state index contributed by atoms with van der Waals surface area (Å²) in [5.41, 5.74) is 0. The first-order chi connectivity index (χ1) is 11.2. The SMILES string of the molecule is O=C(C=Cc1ccco1)NCC(O)c1ccc(-c2ccco2)o1. The van der Waals surface area contributed by atoms with Crippen LogP contribution in [0.4, 0.5) is 0 Å². The summed E-state index contributed by atoms with van der Waals surface area (Å²) in [6, 6.07) is 10.3. The lowest BCUT2D eigenvalue weighted by Gasteiger charge is -2.07. The highest BCUT2D eigenvalue weighted by molar-refractivity contribution is 5.91. The van der Waals surface area contributed by atoms with Crippen LogP contribution in [-0.2, 0) is 4.79 Å². The number of rotatable bonds is 6. The van der Waals surface area contributed by atoms with Gasteiger partial charge in [0.1, 0.15) is 17.6 Å². The van der Waals surface area contributed by atoms with Crippen LogP contribution in [0.3, 0.4) is 0 Å². The predicted octanol–water partition coefficient (Wildman–Crippen LogP) is 3.00. The maximum atomic E-state index is 11.7. The Labute approximate surface area is 132 Å². The summed E-state index contributed by atoms with van der Waals surface area (Å²) in [5, 5.41) is 12.6. The number of amides is 1. The Morgan fingerprint density at radius 3 is 2.70 bits per heavy atom. The van der Waals surface area contributed by atoms with Gasteiger partial charge in [-0.1, -0.05) is 0 Å². The van der Waals surface area contributed by atoms with E-state index in [1.165, 1.54) is 12.3 Å². The molecule has 3 heterocycles. The van der Waals surface area contributed by atoms with Crippen LogP contribution in [0.5, 0.6) is 0 Å². The molecule has 0 radical (unpaired) electrons. The zero-order valence-corrected chi connectivity index (χ0v) is 12.1. The number of hydrogen-bond acceptors (Lipinski definition) is 5. The number of aliphatic hydroxyl groups is 1. The summed E-state index contributed by atoms with van der Waals surface area (Å²) in [6.07, 6.45) is 5.00. The van der Waals surface area contributed by atoms with Crippen molar-refractivity contribution in [1.29, 1.82) is 0 Å². The smallest absolute Gasteiger partial charge is 0.244 e. The first-order valence-corrected chi connectivity index (χ1v) is 7.03. The number of carbonyl (C=O) groups excluding carboxylic acids is 1. The third-order valence-corrected chi connectivity index (χ3v) is 3.13. The van der Waals surface area contributed by atoms with Gasteiger partial charge in [-0.3, -0.25) is 4.79 Å². The summed E-state index contributed by atoms with van der Waals surface area (Å²) in [7, 11) is 0. The van der Waals surface area contributed by atoms with Gasteiger partial charge in [-0.05, 0) is 42.5 Å². The Hall–Kier alpha value is -2.99. The summed E-state index contributed by atoms with van der Waals surface area (Å²) < 4.78 is 15.8. The second kappa shape index (κ2) is 6.85. The van der Waals surface area contributed by atoms with E-state index in [0.29, 0.717) is 23.0 Å². The van der Waals surface area contributed by atoms with Crippen molar-refractivity contribution in [2.45, 2.75) is 6.10 Å². The fourth-order valence-corrected chi connectivity index (χ4v) is 1.98. The van der Waals surface area contributed by atoms with E-state index in [1.54, 1.807) is 48.7 Å². The van der Waals surface area contributed by atoms with Gasteiger partial charge in [0, 0.05) is 6.08 Å². The van der Waals surface area contributed by atoms with E-state index in [0.717, 1.165) is 0 Å². The molecule has 3 rings (SSSR count). The third kappa shape index (κ3) is 3.81. The van der Waals surface area contributed by atoms with Gasteiger partial charge in [-0.15, -0.1) is 0 Å². The zero-order chi connectivity index (χ0) is 16.1. The lowest BCUT2D eigenvalue weighted by molar-refractivity contribution is -0.116. The normalized spacial score (nSPS) is 12.6. The van der Waals surface area contributed by atoms with Gasteiger partial charge in [-0.25, -0.2) is 0 Å². The van der Waals surface area contributed by atoms with Crippen molar-refractivity contribution >= 4 is 12.0 Å². The number of furan rings is 3. The van der Waals surface area contributed by atoms with E-state index in [2.05, 4.69) is 5.32 Å². The molecule has 0 saturated heterocycles. The molecule has 1 atom stereocenters. The highest BCUT2D eigenvalue weighted by atomic mass is 16.4. The van der Waals surface area contributed by atoms with Crippen molar-refractivity contribution in [2.24, 2.45) is 0 Å². The number of hydrogen-bond donors (Lipinski definition) is 2. The molecular formula is C17H15NO5. The average Bonchev–Trinajstić information content (AvgIpc) is 3.31. The fourth-order valence-electron chi connectivity index (χ4n) is 1.98. The molecule has 1 amide bonds. The first kappa shape index (κ1) is 14.9. The quantitative estimate of drug-likeness (QED) is 0.683. The minimum Gasteiger partial charge on any atom is -0.465 e. The summed E-state index contributed by atoms with van der Waals surface area (Å²) in [4.78, 5) is 11.7. The molecule has 0 saturated carbocycles. The molecule has 6 nitrogen and oxygen atoms in total. The molecule has 118 valence electrons. The largest absolute Gasteiger partial charge is 0.465 e. The van der Waals surface area contributed by atoms with Crippen molar-refractivity contribution in [1.82, 2.24) is 5.32 Å². The fraction of sp³-hybridized carbons (Fsp3) is 0.118. The van der Waals surface area contributed by atoms with Gasteiger partial charge in [0.15, 0.2) is 11.5 Å². The lowest BCUT2D eigenvalue weighted by Crippen LogP contribution is -2.26. The van der Waals surface area contributed by atoms with E-state index in [1.807, 2.05) is 0 Å². The molecule has 23 heavy (non-hydrogen) atoms. The van der Waals surface area contributed by atoms with E-state index in [-0.39, 0.29) is 12.5 Å². The highest BCUT2D eigenvalue weighted by Crippen LogP contribution is 2.25. The Kier molecular flexibility index (Phi) is 4.44. The number of nitrogens with one attached hydrogen (secondary N) is 1. The van der Waals surface area contributed by atoms with E-state index < -0.39 is 6.10 Å². The molecular weight excluding hydrogens is 298 g/mol. The van der Waals surface area contributed by atoms with Crippen molar-refractivity contribution in [3.63, 3.8) is 0 Å². The summed E-state index contributed by atoms with van der Waals surface area (Å²) in [5.74, 6) is 1.70. The van der Waals surface area contributed by atoms with Crippen LogP contribution in [0.15, 0.2) is 68.3 Å². The maximum Gasteiger partial charge on any atom is 0.244 e. The second-order valence-corrected chi connectivity index (χ2v) is 4.79. The van der Waals surface area contributed by atoms with Crippen LogP contribution in [0.25, 0.3) is 17.6 Å². The van der Waals surface area contributed by atoms with Gasteiger partial charge in [-0.2, -0.15) is 0 Å². The monoisotopic (exact) mass is 313 g/mol. The molecule has 0 fully saturated rings. The van der Waals surface area contributed by atoms with Crippen molar-refractivity contribution in [3.8, 4) is 11.5 Å². The van der Waals surface area contributed by atoms with Crippen molar-refractivity contribution in [2.75, 3.05) is 6.54 Å². The van der Waals surface area contributed by atoms with Crippen LogP contribution in [0.2, 0.25) is 0 Å². The predicted molar refractivity (Wildman–Crippen MR) is 82.1 cm³/mol. The third-order valence-electron chi connectivity index (χ3n) is 3.13. The molecule has 0 spiro atoms. The lowest BCUT2D eigenvalue weighted by atomic mass is 10.2. The van der Waals surface area contributed by atoms with Crippen LogP contribution >= 0.6 is 0 Å². The minimum atomic E-state index is -0.945. The zero-order valence-electron chi connectivity index (χ0n) is 12.1. The van der Waals surface area contributed by atoms with Gasteiger partial charge in [0.2, 0.25) is 5.91 Å². The molecule has 0 aliphatic carbocycles. The van der Waals surface area contributed by atoms with Gasteiger partial charge in [0.05, 0.1) is 19.1 Å². The second-order valence-electron chi connectivity index (χ2n) is 4.79. The molecule has 3 aromatic rings. The Morgan fingerprint density at radius 2 is 1.96 bits per heavy atom. The molecule has 1 unspecified atom stereocenters. The van der Waals surface area contributed by atoms with Gasteiger partial charge < -0.3 is 23.7 Å². The summed E-state index contributed by atoms with van der Waals surface area (Å²) >= 11 is 0. The van der Waals surface area contributed by atoms with E-state index in [4.69, 9.17) is 13.3 Å². The minimum absolute atomic E-state index is 0.0342. The van der Waals surface area contributed by atoms with E-state index in [9.17, 15) is 9.90 Å². The standard InChI is InChI=1S/C17H15NO5/c19-13(11-18-17(20)8-5-12-3-1-9-21-12)14-6-7-16(23-14)15-4-2-10-22-15/h1-10,13,19H,11H2,(H,18,20). The molecule has 6 heteroatoms. The summed E-state index contributed by atoms with van der Waals surface area (Å²) in [6.45, 7) is 0.0342. The highest BCUT2D eigenvalue weighted by Gasteiger charge is 2.15. The molecule has 0 aromatic carbocycles. The molecule has 0 aliphatic heterocycles. The Balaban J connectivity index is 1.53.